The first-order valence-electron chi connectivity index (χ1n) is 40.1. The molecule has 87 heavy (non-hydrogen) atoms. The number of hydrogen-bond acceptors (Lipinski definition) is 5. The van der Waals surface area contributed by atoms with Crippen LogP contribution in [0, 0.1) is 0 Å². The Hall–Kier alpha value is -1.66. The third-order valence-corrected chi connectivity index (χ3v) is 19.0. The number of rotatable bonds is 76. The second kappa shape index (κ2) is 76.8. The molecule has 0 aromatic carbocycles. The molecule has 6 heteroatoms. The molecule has 6 nitrogen and oxygen atoms in total. The number of aliphatic hydroxyl groups excluding tert-OH is 2. The molecule has 516 valence electrons. The fourth-order valence-corrected chi connectivity index (χ4v) is 12.9. The van der Waals surface area contributed by atoms with Gasteiger partial charge in [-0.3, -0.25) is 9.59 Å². The van der Waals surface area contributed by atoms with E-state index in [1.54, 1.807) is 6.08 Å². The van der Waals surface area contributed by atoms with E-state index < -0.39 is 12.1 Å². The molecule has 0 rings (SSSR count). The van der Waals surface area contributed by atoms with Crippen LogP contribution in [0.25, 0.3) is 0 Å². The molecule has 0 spiro atoms. The summed E-state index contributed by atoms with van der Waals surface area (Å²) in [7, 11) is 0. The van der Waals surface area contributed by atoms with Crippen molar-refractivity contribution in [1.29, 1.82) is 0 Å². The van der Waals surface area contributed by atoms with Crippen LogP contribution in [-0.4, -0.2) is 47.4 Å². The highest BCUT2D eigenvalue weighted by Gasteiger charge is 2.18. The van der Waals surface area contributed by atoms with Gasteiger partial charge in [0.05, 0.1) is 25.4 Å². The normalized spacial score (nSPS) is 12.6. The molecule has 3 N–H and O–H groups in total. The first kappa shape index (κ1) is 85.3. The van der Waals surface area contributed by atoms with Crippen molar-refractivity contribution >= 4 is 11.9 Å². The number of carbonyl (C=O) groups is 2. The Labute approximate surface area is 545 Å². The van der Waals surface area contributed by atoms with E-state index in [-0.39, 0.29) is 18.5 Å². The molecule has 0 aromatic rings. The van der Waals surface area contributed by atoms with Gasteiger partial charge < -0.3 is 20.3 Å². The Balaban J connectivity index is 3.37. The molecule has 2 unspecified atom stereocenters. The fraction of sp³-hybridized carbons (Fsp3) is 0.926. The smallest absolute Gasteiger partial charge is 0.305 e. The van der Waals surface area contributed by atoms with Gasteiger partial charge in [0.25, 0.3) is 0 Å². The molecule has 0 bridgehead atoms. The van der Waals surface area contributed by atoms with Crippen LogP contribution in [0.15, 0.2) is 24.3 Å². The third-order valence-electron chi connectivity index (χ3n) is 19.0. The molecule has 0 saturated carbocycles. The zero-order valence-corrected chi connectivity index (χ0v) is 59.3. The highest BCUT2D eigenvalue weighted by molar-refractivity contribution is 5.76. The van der Waals surface area contributed by atoms with Crippen molar-refractivity contribution in [3.05, 3.63) is 24.3 Å². The predicted octanol–water partition coefficient (Wildman–Crippen LogP) is 26.4. The van der Waals surface area contributed by atoms with E-state index in [1.807, 2.05) is 6.08 Å². The minimum atomic E-state index is -0.844. The lowest BCUT2D eigenvalue weighted by Crippen LogP contribution is -2.45. The van der Waals surface area contributed by atoms with Crippen LogP contribution in [0.4, 0.5) is 0 Å². The van der Waals surface area contributed by atoms with Crippen molar-refractivity contribution in [3.63, 3.8) is 0 Å². The van der Waals surface area contributed by atoms with E-state index in [9.17, 15) is 19.8 Å². The predicted molar refractivity (Wildman–Crippen MR) is 384 cm³/mol. The average Bonchev–Trinajstić information content (AvgIpc) is 3.53. The second-order valence-corrected chi connectivity index (χ2v) is 27.8. The van der Waals surface area contributed by atoms with Crippen LogP contribution in [-0.2, 0) is 14.3 Å². The third kappa shape index (κ3) is 73.3. The minimum absolute atomic E-state index is 0.0217. The summed E-state index contributed by atoms with van der Waals surface area (Å²) in [5, 5.41) is 23.3. The molecular formula is C81H157NO5. The molecule has 0 aliphatic rings. The summed E-state index contributed by atoms with van der Waals surface area (Å²) in [6.45, 7) is 4.96. The number of ether oxygens (including phenoxy) is 1. The maximum atomic E-state index is 12.6. The molecule has 0 saturated heterocycles. The average molecular weight is 1230 g/mol. The van der Waals surface area contributed by atoms with E-state index in [4.69, 9.17) is 4.74 Å². The van der Waals surface area contributed by atoms with Gasteiger partial charge in [-0.25, -0.2) is 0 Å². The SMILES string of the molecule is CCCCCCCCCCCCCCCCCCCCCCC/C=C/C(O)C(CO)NC(=O)CCCCCCCCCCCCCCCCCCC/C=C\CCCCCCCCCCCCCCOC(=O)CCCCCCCCCCCCCCCC. The second-order valence-electron chi connectivity index (χ2n) is 27.8. The molecule has 2 atom stereocenters. The van der Waals surface area contributed by atoms with Gasteiger partial charge in [0.1, 0.15) is 0 Å². The quantitative estimate of drug-likeness (QED) is 0.0320. The van der Waals surface area contributed by atoms with Crippen LogP contribution < -0.4 is 5.32 Å². The van der Waals surface area contributed by atoms with Crippen LogP contribution in [0.3, 0.4) is 0 Å². The van der Waals surface area contributed by atoms with Gasteiger partial charge in [-0.15, -0.1) is 0 Å². The molecule has 0 fully saturated rings. The Kier molecular flexibility index (Phi) is 75.3. The van der Waals surface area contributed by atoms with Crippen molar-refractivity contribution in [2.24, 2.45) is 0 Å². The number of carbonyl (C=O) groups excluding carboxylic acids is 2. The van der Waals surface area contributed by atoms with E-state index in [1.165, 1.54) is 392 Å². The van der Waals surface area contributed by atoms with Gasteiger partial charge >= 0.3 is 5.97 Å². The summed E-state index contributed by atoms with van der Waals surface area (Å²) in [5.41, 5.74) is 0. The monoisotopic (exact) mass is 1220 g/mol. The van der Waals surface area contributed by atoms with Crippen molar-refractivity contribution in [2.45, 2.75) is 469 Å². The zero-order valence-electron chi connectivity index (χ0n) is 59.3. The van der Waals surface area contributed by atoms with Crippen molar-refractivity contribution in [3.8, 4) is 0 Å². The summed E-state index contributed by atoms with van der Waals surface area (Å²) in [6.07, 6.45) is 98.8. The van der Waals surface area contributed by atoms with E-state index in [2.05, 4.69) is 31.3 Å². The van der Waals surface area contributed by atoms with Gasteiger partial charge in [0.15, 0.2) is 0 Å². The first-order chi connectivity index (χ1) is 43.0. The van der Waals surface area contributed by atoms with Crippen molar-refractivity contribution in [2.75, 3.05) is 13.2 Å². The largest absolute Gasteiger partial charge is 0.466 e. The minimum Gasteiger partial charge on any atom is -0.466 e. The Morgan fingerprint density at radius 3 is 0.816 bits per heavy atom. The maximum absolute atomic E-state index is 12.6. The number of unbranched alkanes of at least 4 members (excludes halogenated alkanes) is 63. The Morgan fingerprint density at radius 1 is 0.310 bits per heavy atom. The lowest BCUT2D eigenvalue weighted by atomic mass is 10.0. The molecule has 0 aromatic heterocycles. The molecule has 0 aliphatic carbocycles. The topological polar surface area (TPSA) is 95.9 Å². The van der Waals surface area contributed by atoms with Gasteiger partial charge in [0.2, 0.25) is 5.91 Å². The standard InChI is InChI=1S/C81H157NO5/c1-3-5-7-9-11-13-15-17-19-20-21-22-34-37-40-43-46-49-53-57-61-65-69-73-79(84)78(77-83)82-80(85)74-70-66-62-58-54-50-47-44-41-38-35-32-30-28-26-24-23-25-27-29-31-33-36-39-42-45-48-52-56-60-64-68-72-76-87-81(86)75-71-67-63-59-55-51-18-16-14-12-10-8-6-4-2/h27,29,69,73,78-79,83-84H,3-26,28,30-68,70-72,74-77H2,1-2H3,(H,82,85)/b29-27-,73-69+. The zero-order chi connectivity index (χ0) is 62.8. The number of esters is 1. The number of hydrogen-bond donors (Lipinski definition) is 3. The molecule has 0 heterocycles. The molecule has 0 radical (unpaired) electrons. The number of allylic oxidation sites excluding steroid dienone is 3. The summed E-state index contributed by atoms with van der Waals surface area (Å²) in [5.74, 6) is -0.0379. The van der Waals surface area contributed by atoms with Crippen LogP contribution in [0.5, 0.6) is 0 Å². The molecule has 1 amide bonds. The molecular weight excluding hydrogens is 1070 g/mol. The Bertz CT molecular complexity index is 1360. The van der Waals surface area contributed by atoms with Gasteiger partial charge in [-0.1, -0.05) is 411 Å². The molecule has 0 aliphatic heterocycles. The van der Waals surface area contributed by atoms with E-state index >= 15 is 0 Å². The summed E-state index contributed by atoms with van der Waals surface area (Å²) < 4.78 is 5.50. The van der Waals surface area contributed by atoms with E-state index in [0.717, 1.165) is 38.5 Å². The van der Waals surface area contributed by atoms with Crippen LogP contribution in [0.1, 0.15) is 457 Å². The summed E-state index contributed by atoms with van der Waals surface area (Å²) in [4.78, 5) is 24.6. The van der Waals surface area contributed by atoms with E-state index in [0.29, 0.717) is 19.4 Å². The number of aliphatic hydroxyl groups is 2. The highest BCUT2D eigenvalue weighted by Crippen LogP contribution is 2.20. The summed E-state index contributed by atoms with van der Waals surface area (Å²) in [6, 6.07) is -0.627. The first-order valence-corrected chi connectivity index (χ1v) is 40.1. The fourth-order valence-electron chi connectivity index (χ4n) is 12.9. The van der Waals surface area contributed by atoms with Crippen LogP contribution >= 0.6 is 0 Å². The summed E-state index contributed by atoms with van der Waals surface area (Å²) >= 11 is 0. The Morgan fingerprint density at radius 2 is 0.540 bits per heavy atom. The van der Waals surface area contributed by atoms with Gasteiger partial charge in [-0.05, 0) is 57.8 Å². The van der Waals surface area contributed by atoms with Crippen molar-refractivity contribution in [1.82, 2.24) is 5.32 Å². The number of nitrogens with one attached hydrogen (secondary N) is 1. The maximum Gasteiger partial charge on any atom is 0.305 e. The van der Waals surface area contributed by atoms with Crippen molar-refractivity contribution < 1.29 is 24.5 Å². The van der Waals surface area contributed by atoms with Crippen LogP contribution in [0.2, 0.25) is 0 Å². The van der Waals surface area contributed by atoms with Gasteiger partial charge in [-0.2, -0.15) is 0 Å². The lowest BCUT2D eigenvalue weighted by molar-refractivity contribution is -0.143. The van der Waals surface area contributed by atoms with Gasteiger partial charge in [0, 0.05) is 12.8 Å². The highest BCUT2D eigenvalue weighted by atomic mass is 16.5. The lowest BCUT2D eigenvalue weighted by Gasteiger charge is -2.20. The number of amides is 1.